The molecule has 0 bridgehead atoms. The second-order valence-corrected chi connectivity index (χ2v) is 8.90. The summed E-state index contributed by atoms with van der Waals surface area (Å²) in [5.41, 5.74) is 1.34. The number of halogens is 1. The smallest absolute Gasteiger partial charge is 0.337 e. The van der Waals surface area contributed by atoms with Gasteiger partial charge in [0.25, 0.3) is 0 Å². The molecule has 0 aliphatic carbocycles. The van der Waals surface area contributed by atoms with Gasteiger partial charge in [-0.3, -0.25) is 4.79 Å². The van der Waals surface area contributed by atoms with Crippen LogP contribution in [0.1, 0.15) is 15.9 Å². The number of ether oxygens (including phenoxy) is 2. The standard InChI is InChI=1S/C24H23FN2O6S/c1-32-21-13-10-18(25)15-22(21)34(30,31)27-20(14-16-6-4-3-5-7-16)23(28)26-19-11-8-17(9-12-19)24(29)33-2/h3-13,15,20,27H,14H2,1-2H3,(H,26,28). The van der Waals surface area contributed by atoms with E-state index in [1.807, 2.05) is 0 Å². The SMILES string of the molecule is COC(=O)c1ccc(NC(=O)C(Cc2ccccc2)NS(=O)(=O)c2cc(F)ccc2OC)cc1. The molecule has 0 spiro atoms. The molecule has 0 fully saturated rings. The molecule has 0 aliphatic rings. The average molecular weight is 487 g/mol. The lowest BCUT2D eigenvalue weighted by Crippen LogP contribution is -2.45. The van der Waals surface area contributed by atoms with Crippen molar-refractivity contribution in [3.05, 3.63) is 89.7 Å². The lowest BCUT2D eigenvalue weighted by Gasteiger charge is -2.20. The summed E-state index contributed by atoms with van der Waals surface area (Å²) in [7, 11) is -1.82. The predicted octanol–water partition coefficient (Wildman–Crippen LogP) is 3.15. The Morgan fingerprint density at radius 2 is 1.65 bits per heavy atom. The van der Waals surface area contributed by atoms with Crippen LogP contribution in [0.15, 0.2) is 77.7 Å². The van der Waals surface area contributed by atoms with Gasteiger partial charge in [0, 0.05) is 5.69 Å². The van der Waals surface area contributed by atoms with E-state index >= 15 is 0 Å². The highest BCUT2D eigenvalue weighted by Gasteiger charge is 2.29. The number of carbonyl (C=O) groups excluding carboxylic acids is 2. The van der Waals surface area contributed by atoms with Gasteiger partial charge in [0.05, 0.1) is 19.8 Å². The topological polar surface area (TPSA) is 111 Å². The highest BCUT2D eigenvalue weighted by molar-refractivity contribution is 7.89. The number of methoxy groups -OCH3 is 2. The number of benzene rings is 3. The average Bonchev–Trinajstić information content (AvgIpc) is 2.84. The van der Waals surface area contributed by atoms with Gasteiger partial charge in [-0.15, -0.1) is 0 Å². The Bertz CT molecular complexity index is 1260. The number of sulfonamides is 1. The third kappa shape index (κ3) is 6.18. The summed E-state index contributed by atoms with van der Waals surface area (Å²) in [4.78, 5) is 24.3. The number of esters is 1. The number of amides is 1. The molecular weight excluding hydrogens is 463 g/mol. The van der Waals surface area contributed by atoms with E-state index in [0.717, 1.165) is 12.1 Å². The molecular formula is C24H23FN2O6S. The minimum Gasteiger partial charge on any atom is -0.495 e. The molecule has 0 radical (unpaired) electrons. The lowest BCUT2D eigenvalue weighted by molar-refractivity contribution is -0.117. The van der Waals surface area contributed by atoms with E-state index < -0.39 is 38.7 Å². The molecule has 8 nitrogen and oxygen atoms in total. The van der Waals surface area contributed by atoms with Crippen LogP contribution in [0.4, 0.5) is 10.1 Å². The van der Waals surface area contributed by atoms with Crippen molar-refractivity contribution in [1.29, 1.82) is 0 Å². The molecule has 0 aliphatic heterocycles. The minimum absolute atomic E-state index is 0.0315. The third-order valence-corrected chi connectivity index (χ3v) is 6.38. The minimum atomic E-state index is -4.34. The van der Waals surface area contributed by atoms with Crippen LogP contribution in [-0.2, 0) is 26.0 Å². The number of rotatable bonds is 9. The van der Waals surface area contributed by atoms with Gasteiger partial charge in [-0.1, -0.05) is 30.3 Å². The Morgan fingerprint density at radius 3 is 2.26 bits per heavy atom. The molecule has 178 valence electrons. The van der Waals surface area contributed by atoms with Crippen molar-refractivity contribution >= 4 is 27.6 Å². The van der Waals surface area contributed by atoms with Crippen molar-refractivity contribution in [1.82, 2.24) is 4.72 Å². The number of hydrogen-bond donors (Lipinski definition) is 2. The van der Waals surface area contributed by atoms with Crippen LogP contribution in [0.5, 0.6) is 5.75 Å². The van der Waals surface area contributed by atoms with Crippen molar-refractivity contribution in [2.75, 3.05) is 19.5 Å². The molecule has 3 aromatic carbocycles. The maximum Gasteiger partial charge on any atom is 0.337 e. The molecule has 1 amide bonds. The van der Waals surface area contributed by atoms with Crippen LogP contribution in [-0.4, -0.2) is 40.6 Å². The van der Waals surface area contributed by atoms with Gasteiger partial charge in [0.15, 0.2) is 0 Å². The van der Waals surface area contributed by atoms with Crippen LogP contribution in [0.25, 0.3) is 0 Å². The summed E-state index contributed by atoms with van der Waals surface area (Å²) < 4.78 is 52.0. The fraction of sp³-hybridized carbons (Fsp3) is 0.167. The first-order chi connectivity index (χ1) is 16.2. The summed E-state index contributed by atoms with van der Waals surface area (Å²) >= 11 is 0. The fourth-order valence-corrected chi connectivity index (χ4v) is 4.56. The molecule has 1 atom stereocenters. The zero-order chi connectivity index (χ0) is 24.7. The van der Waals surface area contributed by atoms with E-state index in [1.54, 1.807) is 30.3 Å². The number of carbonyl (C=O) groups is 2. The summed E-state index contributed by atoms with van der Waals surface area (Å²) in [6.07, 6.45) is 0.0315. The molecule has 3 aromatic rings. The number of nitrogens with one attached hydrogen (secondary N) is 2. The van der Waals surface area contributed by atoms with Crippen LogP contribution in [0, 0.1) is 5.82 Å². The summed E-state index contributed by atoms with van der Waals surface area (Å²) in [6.45, 7) is 0. The van der Waals surface area contributed by atoms with E-state index in [2.05, 4.69) is 14.8 Å². The van der Waals surface area contributed by atoms with Gasteiger partial charge in [-0.05, 0) is 54.4 Å². The Labute approximate surface area is 196 Å². The van der Waals surface area contributed by atoms with Gasteiger partial charge in [-0.2, -0.15) is 4.72 Å². The first-order valence-corrected chi connectivity index (χ1v) is 11.6. The van der Waals surface area contributed by atoms with Gasteiger partial charge in [0.2, 0.25) is 15.9 Å². The van der Waals surface area contributed by atoms with E-state index in [4.69, 9.17) is 4.74 Å². The molecule has 34 heavy (non-hydrogen) atoms. The zero-order valence-electron chi connectivity index (χ0n) is 18.4. The monoisotopic (exact) mass is 486 g/mol. The van der Waals surface area contributed by atoms with Gasteiger partial charge >= 0.3 is 5.97 Å². The molecule has 10 heteroatoms. The Hall–Kier alpha value is -3.76. The van der Waals surface area contributed by atoms with Crippen LogP contribution >= 0.6 is 0 Å². The van der Waals surface area contributed by atoms with Crippen molar-refractivity contribution in [3.63, 3.8) is 0 Å². The highest BCUT2D eigenvalue weighted by Crippen LogP contribution is 2.25. The Balaban J connectivity index is 1.88. The lowest BCUT2D eigenvalue weighted by atomic mass is 10.1. The molecule has 0 aromatic heterocycles. The summed E-state index contributed by atoms with van der Waals surface area (Å²) in [5.74, 6) is -2.01. The van der Waals surface area contributed by atoms with E-state index in [-0.39, 0.29) is 12.2 Å². The second-order valence-electron chi connectivity index (χ2n) is 7.22. The van der Waals surface area contributed by atoms with Crippen molar-refractivity contribution in [2.45, 2.75) is 17.4 Å². The summed E-state index contributed by atoms with van der Waals surface area (Å²) in [5, 5.41) is 2.64. The van der Waals surface area contributed by atoms with Crippen molar-refractivity contribution in [2.24, 2.45) is 0 Å². The predicted molar refractivity (Wildman–Crippen MR) is 124 cm³/mol. The van der Waals surface area contributed by atoms with Crippen LogP contribution in [0.2, 0.25) is 0 Å². The van der Waals surface area contributed by atoms with Crippen molar-refractivity contribution < 1.29 is 31.9 Å². The van der Waals surface area contributed by atoms with Crippen LogP contribution < -0.4 is 14.8 Å². The first-order valence-electron chi connectivity index (χ1n) is 10.1. The van der Waals surface area contributed by atoms with E-state index in [0.29, 0.717) is 16.8 Å². The zero-order valence-corrected chi connectivity index (χ0v) is 19.3. The Kier molecular flexibility index (Phi) is 7.98. The third-order valence-electron chi connectivity index (χ3n) is 4.89. The molecule has 0 saturated carbocycles. The normalized spacial score (nSPS) is 12.0. The summed E-state index contributed by atoms with van der Waals surface area (Å²) in [6, 6.07) is 16.6. The van der Waals surface area contributed by atoms with E-state index in [1.165, 1.54) is 44.6 Å². The Morgan fingerprint density at radius 1 is 0.971 bits per heavy atom. The largest absolute Gasteiger partial charge is 0.495 e. The van der Waals surface area contributed by atoms with Gasteiger partial charge in [-0.25, -0.2) is 17.6 Å². The molecule has 1 unspecified atom stereocenters. The maximum absolute atomic E-state index is 13.8. The van der Waals surface area contributed by atoms with Crippen LogP contribution in [0.3, 0.4) is 0 Å². The second kappa shape index (κ2) is 10.9. The number of anilines is 1. The van der Waals surface area contributed by atoms with Crippen molar-refractivity contribution in [3.8, 4) is 5.75 Å². The molecule has 3 rings (SSSR count). The molecule has 2 N–H and O–H groups in total. The fourth-order valence-electron chi connectivity index (χ4n) is 3.19. The van der Waals surface area contributed by atoms with E-state index in [9.17, 15) is 22.4 Å². The molecule has 0 heterocycles. The first kappa shape index (κ1) is 24.9. The van der Waals surface area contributed by atoms with Gasteiger partial charge in [0.1, 0.15) is 22.5 Å². The molecule has 0 saturated heterocycles. The van der Waals surface area contributed by atoms with Gasteiger partial charge < -0.3 is 14.8 Å². The maximum atomic E-state index is 13.8. The number of hydrogen-bond acceptors (Lipinski definition) is 6. The quantitative estimate of drug-likeness (QED) is 0.450. The highest BCUT2D eigenvalue weighted by atomic mass is 32.2.